The highest BCUT2D eigenvalue weighted by Crippen LogP contribution is 2.25. The molecule has 0 radical (unpaired) electrons. The molecule has 150 valence electrons. The Kier molecular flexibility index (Phi) is 5.26. The van der Waals surface area contributed by atoms with Crippen LogP contribution in [0.4, 0.5) is 5.69 Å². The van der Waals surface area contributed by atoms with Crippen LogP contribution in [0.5, 0.6) is 0 Å². The molecule has 2 heterocycles. The number of amides is 2. The molecule has 30 heavy (non-hydrogen) atoms. The fourth-order valence-electron chi connectivity index (χ4n) is 3.27. The minimum absolute atomic E-state index is 0.178. The molecule has 0 aliphatic carbocycles. The third-order valence-corrected chi connectivity index (χ3v) is 4.85. The Hall–Kier alpha value is -4.00. The van der Waals surface area contributed by atoms with Gasteiger partial charge in [0.2, 0.25) is 0 Å². The molecule has 0 saturated heterocycles. The molecule has 0 unspecified atom stereocenters. The van der Waals surface area contributed by atoms with Crippen LogP contribution in [0.15, 0.2) is 66.9 Å². The Morgan fingerprint density at radius 1 is 1.00 bits per heavy atom. The predicted molar refractivity (Wildman–Crippen MR) is 116 cm³/mol. The lowest BCUT2D eigenvalue weighted by molar-refractivity contribution is 0.0962. The average molecular weight is 399 g/mol. The lowest BCUT2D eigenvalue weighted by atomic mass is 10.1. The molecule has 0 spiro atoms. The van der Waals surface area contributed by atoms with Gasteiger partial charge in [0.15, 0.2) is 5.65 Å². The largest absolute Gasteiger partial charge is 0.355 e. The molecule has 2 N–H and O–H groups in total. The highest BCUT2D eigenvalue weighted by atomic mass is 16.2. The van der Waals surface area contributed by atoms with Crippen LogP contribution >= 0.6 is 0 Å². The Balaban J connectivity index is 1.72. The number of benzene rings is 2. The van der Waals surface area contributed by atoms with E-state index in [2.05, 4.69) is 15.7 Å². The van der Waals surface area contributed by atoms with E-state index in [-0.39, 0.29) is 11.8 Å². The standard InChI is InChI=1S/C23H21N5O2/c1-3-28-21-19(14-25-28)18(13-20(27-21)15-7-5-4-6-8-15)23(30)26-17-11-9-16(10-12-17)22(29)24-2/h4-14H,3H2,1-2H3,(H,24,29)(H,26,30). The van der Waals surface area contributed by atoms with E-state index >= 15 is 0 Å². The second-order valence-electron chi connectivity index (χ2n) is 6.73. The number of pyridine rings is 1. The summed E-state index contributed by atoms with van der Waals surface area (Å²) in [5, 5.41) is 10.5. The minimum atomic E-state index is -0.261. The number of aryl methyl sites for hydroxylation is 1. The zero-order chi connectivity index (χ0) is 21.1. The molecule has 0 saturated carbocycles. The Bertz CT molecular complexity index is 1210. The minimum Gasteiger partial charge on any atom is -0.355 e. The van der Waals surface area contributed by atoms with Crippen molar-refractivity contribution in [1.29, 1.82) is 0 Å². The molecule has 7 nitrogen and oxygen atoms in total. The maximum atomic E-state index is 13.1. The van der Waals surface area contributed by atoms with Gasteiger partial charge in [0, 0.05) is 30.4 Å². The van der Waals surface area contributed by atoms with E-state index < -0.39 is 0 Å². The molecule has 7 heteroatoms. The summed E-state index contributed by atoms with van der Waals surface area (Å²) in [7, 11) is 1.58. The van der Waals surface area contributed by atoms with Gasteiger partial charge >= 0.3 is 0 Å². The van der Waals surface area contributed by atoms with Gasteiger partial charge in [-0.05, 0) is 37.3 Å². The summed E-state index contributed by atoms with van der Waals surface area (Å²) >= 11 is 0. The zero-order valence-electron chi connectivity index (χ0n) is 16.7. The summed E-state index contributed by atoms with van der Waals surface area (Å²) in [6, 6.07) is 18.3. The van der Waals surface area contributed by atoms with Crippen molar-refractivity contribution in [3.05, 3.63) is 78.0 Å². The Morgan fingerprint density at radius 2 is 1.73 bits per heavy atom. The van der Waals surface area contributed by atoms with Gasteiger partial charge in [-0.25, -0.2) is 9.67 Å². The molecule has 2 amide bonds. The number of anilines is 1. The predicted octanol–water partition coefficient (Wildman–Crippen LogP) is 3.73. The number of aromatic nitrogens is 3. The van der Waals surface area contributed by atoms with Crippen molar-refractivity contribution in [3.8, 4) is 11.3 Å². The maximum Gasteiger partial charge on any atom is 0.256 e. The fourth-order valence-corrected chi connectivity index (χ4v) is 3.27. The second-order valence-corrected chi connectivity index (χ2v) is 6.73. The molecule has 0 atom stereocenters. The first-order chi connectivity index (χ1) is 14.6. The first-order valence-electron chi connectivity index (χ1n) is 9.66. The monoisotopic (exact) mass is 399 g/mol. The SMILES string of the molecule is CCn1ncc2c(C(=O)Nc3ccc(C(=O)NC)cc3)cc(-c3ccccc3)nc21. The van der Waals surface area contributed by atoms with Crippen LogP contribution in [0.1, 0.15) is 27.6 Å². The first kappa shape index (κ1) is 19.3. The molecule has 0 fully saturated rings. The average Bonchev–Trinajstić information content (AvgIpc) is 3.22. The van der Waals surface area contributed by atoms with Crippen LogP contribution in [-0.2, 0) is 6.54 Å². The molecule has 0 aliphatic rings. The van der Waals surface area contributed by atoms with E-state index in [1.54, 1.807) is 48.3 Å². The second kappa shape index (κ2) is 8.16. The van der Waals surface area contributed by atoms with Crippen LogP contribution in [0.3, 0.4) is 0 Å². The van der Waals surface area contributed by atoms with Gasteiger partial charge in [-0.2, -0.15) is 5.10 Å². The first-order valence-corrected chi connectivity index (χ1v) is 9.66. The number of carbonyl (C=O) groups is 2. The summed E-state index contributed by atoms with van der Waals surface area (Å²) in [4.78, 5) is 29.6. The lowest BCUT2D eigenvalue weighted by Gasteiger charge is -2.10. The van der Waals surface area contributed by atoms with Crippen LogP contribution in [0.25, 0.3) is 22.3 Å². The number of rotatable bonds is 5. The molecule has 4 rings (SSSR count). The number of nitrogens with zero attached hydrogens (tertiary/aromatic N) is 3. The van der Waals surface area contributed by atoms with E-state index in [1.165, 1.54) is 0 Å². The van der Waals surface area contributed by atoms with Crippen molar-refractivity contribution in [2.24, 2.45) is 0 Å². The van der Waals surface area contributed by atoms with Crippen molar-refractivity contribution in [2.75, 3.05) is 12.4 Å². The number of hydrogen-bond donors (Lipinski definition) is 2. The van der Waals surface area contributed by atoms with E-state index in [4.69, 9.17) is 4.98 Å². The summed E-state index contributed by atoms with van der Waals surface area (Å²) in [6.07, 6.45) is 1.67. The highest BCUT2D eigenvalue weighted by Gasteiger charge is 2.17. The van der Waals surface area contributed by atoms with E-state index in [9.17, 15) is 9.59 Å². The summed E-state index contributed by atoms with van der Waals surface area (Å²) in [5.74, 6) is -0.439. The summed E-state index contributed by atoms with van der Waals surface area (Å²) < 4.78 is 1.77. The third-order valence-electron chi connectivity index (χ3n) is 4.85. The number of fused-ring (bicyclic) bond motifs is 1. The lowest BCUT2D eigenvalue weighted by Crippen LogP contribution is -2.18. The molecule has 2 aromatic heterocycles. The number of carbonyl (C=O) groups excluding carboxylic acids is 2. The van der Waals surface area contributed by atoms with Gasteiger partial charge in [0.25, 0.3) is 11.8 Å². The fraction of sp³-hybridized carbons (Fsp3) is 0.130. The van der Waals surface area contributed by atoms with Crippen LogP contribution in [0, 0.1) is 0 Å². The van der Waals surface area contributed by atoms with E-state index in [0.717, 1.165) is 5.56 Å². The van der Waals surface area contributed by atoms with Gasteiger partial charge in [-0.15, -0.1) is 0 Å². The van der Waals surface area contributed by atoms with Gasteiger partial charge in [0.1, 0.15) is 0 Å². The highest BCUT2D eigenvalue weighted by molar-refractivity contribution is 6.12. The van der Waals surface area contributed by atoms with Gasteiger partial charge in [-0.3, -0.25) is 9.59 Å². The number of hydrogen-bond acceptors (Lipinski definition) is 4. The van der Waals surface area contributed by atoms with Crippen molar-refractivity contribution in [3.63, 3.8) is 0 Å². The molecule has 2 aromatic carbocycles. The smallest absolute Gasteiger partial charge is 0.256 e. The third kappa shape index (κ3) is 3.65. The van der Waals surface area contributed by atoms with E-state index in [1.807, 2.05) is 37.3 Å². The van der Waals surface area contributed by atoms with Gasteiger partial charge < -0.3 is 10.6 Å². The van der Waals surface area contributed by atoms with Crippen molar-refractivity contribution < 1.29 is 9.59 Å². The molecule has 0 bridgehead atoms. The van der Waals surface area contributed by atoms with Gasteiger partial charge in [0.05, 0.1) is 22.8 Å². The Morgan fingerprint density at radius 3 is 2.40 bits per heavy atom. The summed E-state index contributed by atoms with van der Waals surface area (Å²) in [5.41, 5.74) is 3.91. The van der Waals surface area contributed by atoms with E-state index in [0.29, 0.717) is 40.1 Å². The maximum absolute atomic E-state index is 13.1. The topological polar surface area (TPSA) is 88.9 Å². The molecular formula is C23H21N5O2. The van der Waals surface area contributed by atoms with Crippen molar-refractivity contribution in [1.82, 2.24) is 20.1 Å². The molecular weight excluding hydrogens is 378 g/mol. The van der Waals surface area contributed by atoms with Crippen molar-refractivity contribution >= 4 is 28.5 Å². The molecule has 0 aliphatic heterocycles. The normalized spacial score (nSPS) is 10.7. The molecule has 4 aromatic rings. The van der Waals surface area contributed by atoms with Crippen LogP contribution < -0.4 is 10.6 Å². The van der Waals surface area contributed by atoms with Crippen LogP contribution in [0.2, 0.25) is 0 Å². The zero-order valence-corrected chi connectivity index (χ0v) is 16.7. The Labute approximate surface area is 173 Å². The summed E-state index contributed by atoms with van der Waals surface area (Å²) in [6.45, 7) is 2.63. The van der Waals surface area contributed by atoms with Crippen LogP contribution in [-0.4, -0.2) is 33.6 Å². The van der Waals surface area contributed by atoms with Crippen molar-refractivity contribution in [2.45, 2.75) is 13.5 Å². The quantitative estimate of drug-likeness (QED) is 0.535. The number of nitrogens with one attached hydrogen (secondary N) is 2. The van der Waals surface area contributed by atoms with Gasteiger partial charge in [-0.1, -0.05) is 30.3 Å².